The summed E-state index contributed by atoms with van der Waals surface area (Å²) < 4.78 is 13.1. The van der Waals surface area contributed by atoms with Crippen molar-refractivity contribution in [2.24, 2.45) is 0 Å². The van der Waals surface area contributed by atoms with E-state index in [9.17, 15) is 0 Å². The predicted molar refractivity (Wildman–Crippen MR) is 122 cm³/mol. The molecule has 172 valence electrons. The number of rotatable bonds is 7. The number of aromatic nitrogens is 5. The van der Waals surface area contributed by atoms with Crippen LogP contribution in [-0.4, -0.2) is 69.2 Å². The van der Waals surface area contributed by atoms with Crippen molar-refractivity contribution >= 4 is 16.9 Å². The Balaban J connectivity index is 1.23. The number of nitrogens with zero attached hydrogens (tertiary/aromatic N) is 7. The second kappa shape index (κ2) is 9.15. The fourth-order valence-corrected chi connectivity index (χ4v) is 4.93. The Morgan fingerprint density at radius 1 is 0.906 bits per heavy atom. The molecule has 5 rings (SSSR count). The number of ether oxygens (including phenoxy) is 1. The van der Waals surface area contributed by atoms with E-state index in [2.05, 4.69) is 31.5 Å². The summed E-state index contributed by atoms with van der Waals surface area (Å²) in [5.41, 5.74) is 5.26. The van der Waals surface area contributed by atoms with E-state index in [4.69, 9.17) is 19.3 Å². The Morgan fingerprint density at radius 3 is 2.56 bits per heavy atom. The molecule has 0 N–H and O–H groups in total. The van der Waals surface area contributed by atoms with Gasteiger partial charge in [0, 0.05) is 50.4 Å². The van der Waals surface area contributed by atoms with Crippen LogP contribution in [0.2, 0.25) is 0 Å². The lowest BCUT2D eigenvalue weighted by atomic mass is 10.0. The second-order valence-electron chi connectivity index (χ2n) is 8.96. The Labute approximate surface area is 188 Å². The van der Waals surface area contributed by atoms with Gasteiger partial charge in [0.25, 0.3) is 5.71 Å². The summed E-state index contributed by atoms with van der Waals surface area (Å²) >= 11 is 0. The number of aryl methyl sites for hydroxylation is 4. The standard InChI is InChI=1S/C23H33N7O2/c1-16-19-15-29(22-21-17(2)27-32-23(21)25-18(3)24-22)10-7-20(19)30(26-16)9-6-4-5-8-28-11-13-31-14-12-28/h4-15H2,1-3H3. The van der Waals surface area contributed by atoms with Gasteiger partial charge in [0.15, 0.2) is 0 Å². The number of fused-ring (bicyclic) bond motifs is 2. The van der Waals surface area contributed by atoms with Crippen LogP contribution < -0.4 is 4.90 Å². The van der Waals surface area contributed by atoms with Gasteiger partial charge in [0.2, 0.25) is 0 Å². The van der Waals surface area contributed by atoms with E-state index >= 15 is 0 Å². The maximum atomic E-state index is 5.43. The summed E-state index contributed by atoms with van der Waals surface area (Å²) in [6, 6.07) is 0. The van der Waals surface area contributed by atoms with E-state index in [1.165, 1.54) is 37.1 Å². The number of hydrogen-bond acceptors (Lipinski definition) is 8. The van der Waals surface area contributed by atoms with Crippen molar-refractivity contribution in [1.82, 2.24) is 29.8 Å². The van der Waals surface area contributed by atoms with Crippen LogP contribution in [0.5, 0.6) is 0 Å². The van der Waals surface area contributed by atoms with Crippen LogP contribution in [0.4, 0.5) is 5.82 Å². The lowest BCUT2D eigenvalue weighted by Crippen LogP contribution is -2.36. The van der Waals surface area contributed by atoms with Crippen LogP contribution >= 0.6 is 0 Å². The van der Waals surface area contributed by atoms with Gasteiger partial charge in [-0.25, -0.2) is 4.98 Å². The molecule has 0 aromatic carbocycles. The molecule has 0 unspecified atom stereocenters. The molecule has 0 spiro atoms. The molecule has 9 heteroatoms. The van der Waals surface area contributed by atoms with E-state index in [1.54, 1.807) is 0 Å². The Bertz CT molecular complexity index is 1080. The van der Waals surface area contributed by atoms with Crippen molar-refractivity contribution in [3.8, 4) is 0 Å². The molecular formula is C23H33N7O2. The topological polar surface area (TPSA) is 85.3 Å². The Kier molecular flexibility index (Phi) is 6.10. The fourth-order valence-electron chi connectivity index (χ4n) is 4.93. The minimum atomic E-state index is 0.570. The summed E-state index contributed by atoms with van der Waals surface area (Å²) in [7, 11) is 0. The smallest absolute Gasteiger partial charge is 0.263 e. The highest BCUT2D eigenvalue weighted by Crippen LogP contribution is 2.31. The van der Waals surface area contributed by atoms with Gasteiger partial charge in [0.05, 0.1) is 24.6 Å². The number of hydrogen-bond donors (Lipinski definition) is 0. The van der Waals surface area contributed by atoms with Gasteiger partial charge in [-0.2, -0.15) is 10.1 Å². The molecule has 9 nitrogen and oxygen atoms in total. The van der Waals surface area contributed by atoms with Crippen molar-refractivity contribution in [3.05, 3.63) is 28.5 Å². The van der Waals surface area contributed by atoms with E-state index in [-0.39, 0.29) is 0 Å². The van der Waals surface area contributed by atoms with Gasteiger partial charge in [-0.1, -0.05) is 11.6 Å². The first-order chi connectivity index (χ1) is 15.6. The average molecular weight is 440 g/mol. The first kappa shape index (κ1) is 21.3. The Morgan fingerprint density at radius 2 is 1.72 bits per heavy atom. The highest BCUT2D eigenvalue weighted by atomic mass is 16.5. The van der Waals surface area contributed by atoms with Crippen molar-refractivity contribution in [2.75, 3.05) is 44.3 Å². The Hall–Kier alpha value is -2.52. The van der Waals surface area contributed by atoms with Crippen LogP contribution in [0, 0.1) is 20.8 Å². The third-order valence-electron chi connectivity index (χ3n) is 6.68. The summed E-state index contributed by atoms with van der Waals surface area (Å²) in [6.07, 6.45) is 4.63. The van der Waals surface area contributed by atoms with Crippen molar-refractivity contribution < 1.29 is 9.26 Å². The van der Waals surface area contributed by atoms with Gasteiger partial charge in [0.1, 0.15) is 17.0 Å². The molecule has 0 saturated carbocycles. The highest BCUT2D eigenvalue weighted by molar-refractivity contribution is 5.88. The van der Waals surface area contributed by atoms with Crippen molar-refractivity contribution in [1.29, 1.82) is 0 Å². The molecule has 5 heterocycles. The van der Waals surface area contributed by atoms with Crippen LogP contribution in [0.1, 0.15) is 47.7 Å². The monoisotopic (exact) mass is 439 g/mol. The molecular weight excluding hydrogens is 406 g/mol. The molecule has 0 radical (unpaired) electrons. The molecule has 0 atom stereocenters. The first-order valence-corrected chi connectivity index (χ1v) is 11.8. The second-order valence-corrected chi connectivity index (χ2v) is 8.96. The van der Waals surface area contributed by atoms with Crippen molar-refractivity contribution in [3.63, 3.8) is 0 Å². The zero-order chi connectivity index (χ0) is 22.1. The van der Waals surface area contributed by atoms with Gasteiger partial charge < -0.3 is 14.2 Å². The molecule has 1 saturated heterocycles. The van der Waals surface area contributed by atoms with E-state index in [0.29, 0.717) is 11.5 Å². The fraction of sp³-hybridized carbons (Fsp3) is 0.652. The molecule has 0 bridgehead atoms. The predicted octanol–water partition coefficient (Wildman–Crippen LogP) is 2.80. The summed E-state index contributed by atoms with van der Waals surface area (Å²) in [5.74, 6) is 1.63. The van der Waals surface area contributed by atoms with E-state index in [0.717, 1.165) is 75.0 Å². The van der Waals surface area contributed by atoms with E-state index < -0.39 is 0 Å². The lowest BCUT2D eigenvalue weighted by Gasteiger charge is -2.29. The molecule has 2 aliphatic rings. The zero-order valence-electron chi connectivity index (χ0n) is 19.4. The van der Waals surface area contributed by atoms with Crippen molar-refractivity contribution in [2.45, 2.75) is 59.5 Å². The molecule has 0 amide bonds. The van der Waals surface area contributed by atoms with Crippen LogP contribution in [-0.2, 0) is 24.2 Å². The highest BCUT2D eigenvalue weighted by Gasteiger charge is 2.27. The zero-order valence-corrected chi connectivity index (χ0v) is 19.4. The summed E-state index contributed by atoms with van der Waals surface area (Å²) in [5, 5.41) is 9.92. The largest absolute Gasteiger partial charge is 0.379 e. The van der Waals surface area contributed by atoms with Gasteiger partial charge >= 0.3 is 0 Å². The first-order valence-electron chi connectivity index (χ1n) is 11.8. The molecule has 2 aliphatic heterocycles. The number of unbranched alkanes of at least 4 members (excludes halogenated alkanes) is 2. The minimum Gasteiger partial charge on any atom is -0.379 e. The quantitative estimate of drug-likeness (QED) is 0.520. The lowest BCUT2D eigenvalue weighted by molar-refractivity contribution is 0.0371. The SMILES string of the molecule is Cc1nc(N2CCc3c(c(C)nn3CCCCCN3CCOCC3)C2)c2c(C)noc2n1. The van der Waals surface area contributed by atoms with Crippen LogP contribution in [0.3, 0.4) is 0 Å². The average Bonchev–Trinajstić information content (AvgIpc) is 3.33. The molecule has 0 aliphatic carbocycles. The third-order valence-corrected chi connectivity index (χ3v) is 6.68. The summed E-state index contributed by atoms with van der Waals surface area (Å²) in [4.78, 5) is 14.0. The molecule has 3 aromatic heterocycles. The third kappa shape index (κ3) is 4.23. The number of anilines is 1. The van der Waals surface area contributed by atoms with Crippen LogP contribution in [0.25, 0.3) is 11.1 Å². The maximum absolute atomic E-state index is 5.43. The normalized spacial score (nSPS) is 17.3. The molecule has 1 fully saturated rings. The summed E-state index contributed by atoms with van der Waals surface area (Å²) in [6.45, 7) is 13.8. The van der Waals surface area contributed by atoms with Gasteiger partial charge in [-0.3, -0.25) is 9.58 Å². The van der Waals surface area contributed by atoms with Crippen LogP contribution in [0.15, 0.2) is 4.52 Å². The molecule has 32 heavy (non-hydrogen) atoms. The number of morpholine rings is 1. The maximum Gasteiger partial charge on any atom is 0.263 e. The van der Waals surface area contributed by atoms with Gasteiger partial charge in [-0.15, -0.1) is 0 Å². The van der Waals surface area contributed by atoms with Gasteiger partial charge in [-0.05, 0) is 40.2 Å². The van der Waals surface area contributed by atoms with E-state index in [1.807, 2.05) is 13.8 Å². The molecule has 3 aromatic rings. The minimum absolute atomic E-state index is 0.570.